The Labute approximate surface area is 119 Å². The summed E-state index contributed by atoms with van der Waals surface area (Å²) in [6.45, 7) is 4.36. The number of hydrogen-bond acceptors (Lipinski definition) is 4. The van der Waals surface area contributed by atoms with Gasteiger partial charge in [-0.15, -0.1) is 0 Å². The number of urea groups is 1. The maximum atomic E-state index is 12.3. The molecule has 6 heteroatoms. The second kappa shape index (κ2) is 5.42. The van der Waals surface area contributed by atoms with E-state index in [1.165, 1.54) is 0 Å². The fourth-order valence-electron chi connectivity index (χ4n) is 2.55. The molecule has 3 rings (SSSR count). The number of carbonyl (C=O) groups excluding carboxylic acids is 1. The van der Waals surface area contributed by atoms with Gasteiger partial charge in [0.05, 0.1) is 6.54 Å². The lowest BCUT2D eigenvalue weighted by molar-refractivity contribution is 0.140. The summed E-state index contributed by atoms with van der Waals surface area (Å²) >= 11 is 0. The minimum Gasteiger partial charge on any atom is -0.339 e. The summed E-state index contributed by atoms with van der Waals surface area (Å²) in [6.07, 6.45) is 4.46. The SMILES string of the molecule is CC1CCN(C(=O)N(C)Cc2noc(C3CC3)n2)CC1. The van der Waals surface area contributed by atoms with Gasteiger partial charge in [0, 0.05) is 26.1 Å². The second-order valence-electron chi connectivity index (χ2n) is 6.13. The zero-order chi connectivity index (χ0) is 14.1. The molecule has 0 spiro atoms. The van der Waals surface area contributed by atoms with Gasteiger partial charge in [0.1, 0.15) is 0 Å². The van der Waals surface area contributed by atoms with Crippen LogP contribution in [0.5, 0.6) is 0 Å². The Balaban J connectivity index is 1.54. The van der Waals surface area contributed by atoms with Gasteiger partial charge in [-0.1, -0.05) is 12.1 Å². The van der Waals surface area contributed by atoms with Crippen molar-refractivity contribution in [1.82, 2.24) is 19.9 Å². The number of rotatable bonds is 3. The van der Waals surface area contributed by atoms with Gasteiger partial charge in [-0.3, -0.25) is 0 Å². The summed E-state index contributed by atoms with van der Waals surface area (Å²) in [5.74, 6) is 2.52. The van der Waals surface area contributed by atoms with Gasteiger partial charge in [-0.25, -0.2) is 4.79 Å². The van der Waals surface area contributed by atoms with Crippen LogP contribution in [0.2, 0.25) is 0 Å². The smallest absolute Gasteiger partial charge is 0.320 e. The predicted octanol–water partition coefficient (Wildman–Crippen LogP) is 2.23. The van der Waals surface area contributed by atoms with Crippen LogP contribution in [0.25, 0.3) is 0 Å². The van der Waals surface area contributed by atoms with Crippen LogP contribution < -0.4 is 0 Å². The summed E-state index contributed by atoms with van der Waals surface area (Å²) in [5.41, 5.74) is 0. The number of aromatic nitrogens is 2. The summed E-state index contributed by atoms with van der Waals surface area (Å²) in [5, 5.41) is 3.96. The van der Waals surface area contributed by atoms with Crippen LogP contribution in [0.4, 0.5) is 4.79 Å². The Morgan fingerprint density at radius 2 is 2.05 bits per heavy atom. The van der Waals surface area contributed by atoms with Gasteiger partial charge < -0.3 is 14.3 Å². The second-order valence-corrected chi connectivity index (χ2v) is 6.13. The Hall–Kier alpha value is -1.59. The Morgan fingerprint density at radius 3 is 2.70 bits per heavy atom. The zero-order valence-electron chi connectivity index (χ0n) is 12.2. The first-order chi connectivity index (χ1) is 9.63. The molecule has 1 aromatic heterocycles. The average Bonchev–Trinajstić information content (AvgIpc) is 3.20. The van der Waals surface area contributed by atoms with E-state index in [-0.39, 0.29) is 6.03 Å². The number of hydrogen-bond donors (Lipinski definition) is 0. The molecule has 2 heterocycles. The molecule has 2 amide bonds. The number of amides is 2. The molecule has 0 bridgehead atoms. The number of likely N-dealkylation sites (tertiary alicyclic amines) is 1. The van der Waals surface area contributed by atoms with E-state index in [1.807, 2.05) is 4.90 Å². The minimum atomic E-state index is 0.0645. The third-order valence-electron chi connectivity index (χ3n) is 4.17. The molecule has 20 heavy (non-hydrogen) atoms. The highest BCUT2D eigenvalue weighted by Crippen LogP contribution is 2.38. The fraction of sp³-hybridized carbons (Fsp3) is 0.786. The van der Waals surface area contributed by atoms with E-state index in [1.54, 1.807) is 11.9 Å². The molecule has 1 aromatic rings. The Bertz CT molecular complexity index is 475. The van der Waals surface area contributed by atoms with Crippen molar-refractivity contribution in [1.29, 1.82) is 0 Å². The van der Waals surface area contributed by atoms with Crippen molar-refractivity contribution in [2.45, 2.75) is 45.1 Å². The van der Waals surface area contributed by atoms with Gasteiger partial charge in [-0.05, 0) is 31.6 Å². The van der Waals surface area contributed by atoms with Crippen molar-refractivity contribution in [2.75, 3.05) is 20.1 Å². The van der Waals surface area contributed by atoms with Crippen LogP contribution in [0.15, 0.2) is 4.52 Å². The Kier molecular flexibility index (Phi) is 3.63. The molecule has 0 aromatic carbocycles. The van der Waals surface area contributed by atoms with Crippen LogP contribution in [-0.4, -0.2) is 46.1 Å². The van der Waals surface area contributed by atoms with E-state index >= 15 is 0 Å². The van der Waals surface area contributed by atoms with Crippen LogP contribution in [0.3, 0.4) is 0 Å². The first kappa shape index (κ1) is 13.4. The molecule has 0 unspecified atom stereocenters. The van der Waals surface area contributed by atoms with Crippen molar-refractivity contribution in [3.8, 4) is 0 Å². The van der Waals surface area contributed by atoms with Crippen LogP contribution >= 0.6 is 0 Å². The van der Waals surface area contributed by atoms with E-state index < -0.39 is 0 Å². The van der Waals surface area contributed by atoms with Crippen LogP contribution in [-0.2, 0) is 6.54 Å². The molecule has 6 nitrogen and oxygen atoms in total. The van der Waals surface area contributed by atoms with Crippen molar-refractivity contribution in [3.05, 3.63) is 11.7 Å². The van der Waals surface area contributed by atoms with Crippen molar-refractivity contribution >= 4 is 6.03 Å². The third kappa shape index (κ3) is 2.94. The lowest BCUT2D eigenvalue weighted by atomic mass is 10.00. The van der Waals surface area contributed by atoms with Gasteiger partial charge in [0.2, 0.25) is 5.89 Å². The molecule has 0 N–H and O–H groups in total. The van der Waals surface area contributed by atoms with Crippen molar-refractivity contribution in [2.24, 2.45) is 5.92 Å². The van der Waals surface area contributed by atoms with E-state index in [4.69, 9.17) is 4.52 Å². The van der Waals surface area contributed by atoms with Gasteiger partial charge in [0.25, 0.3) is 0 Å². The molecular formula is C14H22N4O2. The molecular weight excluding hydrogens is 256 g/mol. The summed E-state index contributed by atoms with van der Waals surface area (Å²) < 4.78 is 5.22. The number of carbonyl (C=O) groups is 1. The van der Waals surface area contributed by atoms with Crippen molar-refractivity contribution in [3.63, 3.8) is 0 Å². The van der Waals surface area contributed by atoms with E-state index in [2.05, 4.69) is 17.1 Å². The number of nitrogens with zero attached hydrogens (tertiary/aromatic N) is 4. The predicted molar refractivity (Wildman–Crippen MR) is 73.1 cm³/mol. The molecule has 1 saturated heterocycles. The molecule has 1 saturated carbocycles. The first-order valence-electron chi connectivity index (χ1n) is 7.46. The van der Waals surface area contributed by atoms with Crippen molar-refractivity contribution < 1.29 is 9.32 Å². The molecule has 1 aliphatic carbocycles. The largest absolute Gasteiger partial charge is 0.339 e. The molecule has 0 radical (unpaired) electrons. The number of piperidine rings is 1. The highest BCUT2D eigenvalue weighted by atomic mass is 16.5. The molecule has 1 aliphatic heterocycles. The van der Waals surface area contributed by atoms with E-state index in [0.717, 1.165) is 50.6 Å². The maximum absolute atomic E-state index is 12.3. The molecule has 2 aliphatic rings. The van der Waals surface area contributed by atoms with Gasteiger partial charge in [0.15, 0.2) is 5.82 Å². The normalized spacial score (nSPS) is 20.2. The first-order valence-corrected chi connectivity index (χ1v) is 7.46. The fourth-order valence-corrected chi connectivity index (χ4v) is 2.55. The molecule has 110 valence electrons. The lowest BCUT2D eigenvalue weighted by Crippen LogP contribution is -2.44. The third-order valence-corrected chi connectivity index (χ3v) is 4.17. The van der Waals surface area contributed by atoms with Crippen LogP contribution in [0.1, 0.15) is 50.2 Å². The average molecular weight is 278 g/mol. The zero-order valence-corrected chi connectivity index (χ0v) is 12.2. The summed E-state index contributed by atoms with van der Waals surface area (Å²) in [4.78, 5) is 20.3. The lowest BCUT2D eigenvalue weighted by Gasteiger charge is -2.33. The molecule has 0 atom stereocenters. The summed E-state index contributed by atoms with van der Waals surface area (Å²) in [7, 11) is 1.80. The van der Waals surface area contributed by atoms with Gasteiger partial charge in [-0.2, -0.15) is 4.98 Å². The summed E-state index contributed by atoms with van der Waals surface area (Å²) in [6, 6.07) is 0.0645. The van der Waals surface area contributed by atoms with Gasteiger partial charge >= 0.3 is 6.03 Å². The monoisotopic (exact) mass is 278 g/mol. The molecule has 2 fully saturated rings. The maximum Gasteiger partial charge on any atom is 0.320 e. The standard InChI is InChI=1S/C14H22N4O2/c1-10-5-7-18(8-6-10)14(19)17(2)9-12-15-13(20-16-12)11-3-4-11/h10-11H,3-9H2,1-2H3. The quantitative estimate of drug-likeness (QED) is 0.850. The Morgan fingerprint density at radius 1 is 1.35 bits per heavy atom. The van der Waals surface area contributed by atoms with E-state index in [9.17, 15) is 4.79 Å². The highest BCUT2D eigenvalue weighted by molar-refractivity contribution is 5.74. The van der Waals surface area contributed by atoms with Crippen LogP contribution in [0, 0.1) is 5.92 Å². The topological polar surface area (TPSA) is 62.5 Å². The van der Waals surface area contributed by atoms with E-state index in [0.29, 0.717) is 18.3 Å². The minimum absolute atomic E-state index is 0.0645. The highest BCUT2D eigenvalue weighted by Gasteiger charge is 2.30.